The Balaban J connectivity index is 2.00. The second kappa shape index (κ2) is 5.20. The van der Waals surface area contributed by atoms with E-state index in [1.54, 1.807) is 6.26 Å². The molecule has 2 aliphatic rings. The molecule has 1 aromatic heterocycles. The van der Waals surface area contributed by atoms with Gasteiger partial charge in [-0.1, -0.05) is 13.3 Å². The molecule has 1 aliphatic heterocycles. The first kappa shape index (κ1) is 13.6. The van der Waals surface area contributed by atoms with Gasteiger partial charge < -0.3 is 9.73 Å². The fourth-order valence-corrected chi connectivity index (χ4v) is 3.96. The Morgan fingerprint density at radius 1 is 1.45 bits per heavy atom. The first-order chi connectivity index (χ1) is 9.61. The van der Waals surface area contributed by atoms with Crippen molar-refractivity contribution >= 4 is 11.7 Å². The van der Waals surface area contributed by atoms with Gasteiger partial charge in [0.05, 0.1) is 6.04 Å². The van der Waals surface area contributed by atoms with Crippen LogP contribution in [-0.4, -0.2) is 30.0 Å². The number of fused-ring (bicyclic) bond motifs is 1. The fourth-order valence-electron chi connectivity index (χ4n) is 3.96. The minimum Gasteiger partial charge on any atom is -0.447 e. The van der Waals surface area contributed by atoms with Crippen LogP contribution in [0, 0.1) is 18.8 Å². The summed E-state index contributed by atoms with van der Waals surface area (Å²) < 4.78 is 5.33. The maximum Gasteiger partial charge on any atom is 0.245 e. The average Bonchev–Trinajstić information content (AvgIpc) is 2.99. The van der Waals surface area contributed by atoms with E-state index >= 15 is 0 Å². The van der Waals surface area contributed by atoms with Crippen LogP contribution in [0.1, 0.15) is 38.5 Å². The number of aromatic nitrogens is 1. The number of hydrogen-bond donors (Lipinski definition) is 1. The molecule has 1 N–H and O–H groups in total. The molecule has 0 bridgehead atoms. The van der Waals surface area contributed by atoms with Crippen molar-refractivity contribution in [3.63, 3.8) is 0 Å². The summed E-state index contributed by atoms with van der Waals surface area (Å²) in [7, 11) is 1.87. The minimum atomic E-state index is -0.127. The fraction of sp³-hybridized carbons (Fsp3) is 0.733. The van der Waals surface area contributed by atoms with Crippen molar-refractivity contribution in [3.8, 4) is 0 Å². The number of carbonyl (C=O) groups is 1. The van der Waals surface area contributed by atoms with E-state index in [1.807, 2.05) is 18.9 Å². The molecule has 2 fully saturated rings. The van der Waals surface area contributed by atoms with Gasteiger partial charge in [-0.2, -0.15) is 4.98 Å². The van der Waals surface area contributed by atoms with Crippen LogP contribution in [-0.2, 0) is 4.79 Å². The number of hydrogen-bond acceptors (Lipinski definition) is 4. The first-order valence-electron chi connectivity index (χ1n) is 7.54. The van der Waals surface area contributed by atoms with Crippen molar-refractivity contribution in [2.75, 3.05) is 11.9 Å². The third kappa shape index (κ3) is 2.14. The minimum absolute atomic E-state index is 0.127. The molecule has 1 amide bonds. The molecule has 1 saturated heterocycles. The van der Waals surface area contributed by atoms with Crippen LogP contribution in [0.5, 0.6) is 0 Å². The lowest BCUT2D eigenvalue weighted by Gasteiger charge is -2.30. The molecule has 1 saturated carbocycles. The van der Waals surface area contributed by atoms with E-state index in [2.05, 4.69) is 17.2 Å². The van der Waals surface area contributed by atoms with E-state index in [1.165, 1.54) is 12.8 Å². The summed E-state index contributed by atoms with van der Waals surface area (Å²) in [6.07, 6.45) is 6.21. The molecule has 5 nitrogen and oxygen atoms in total. The highest BCUT2D eigenvalue weighted by molar-refractivity contribution is 5.97. The third-order valence-corrected chi connectivity index (χ3v) is 4.86. The van der Waals surface area contributed by atoms with Gasteiger partial charge in [-0.25, -0.2) is 0 Å². The van der Waals surface area contributed by atoms with Crippen LogP contribution >= 0.6 is 0 Å². The van der Waals surface area contributed by atoms with Crippen LogP contribution in [0.25, 0.3) is 0 Å². The Kier molecular flexibility index (Phi) is 3.54. The number of anilines is 1. The quantitative estimate of drug-likeness (QED) is 0.899. The first-order valence-corrected chi connectivity index (χ1v) is 7.54. The van der Waals surface area contributed by atoms with Gasteiger partial charge in [-0.15, -0.1) is 0 Å². The molecule has 2 heterocycles. The van der Waals surface area contributed by atoms with Gasteiger partial charge >= 0.3 is 0 Å². The van der Waals surface area contributed by atoms with Gasteiger partial charge in [0.15, 0.2) is 11.7 Å². The molecule has 4 unspecified atom stereocenters. The number of aryl methyl sites for hydroxylation is 1. The number of amides is 1. The lowest BCUT2D eigenvalue weighted by atomic mass is 9.90. The zero-order valence-electron chi connectivity index (χ0n) is 12.4. The summed E-state index contributed by atoms with van der Waals surface area (Å²) in [6.45, 7) is 3.99. The molecule has 4 atom stereocenters. The van der Waals surface area contributed by atoms with Crippen molar-refractivity contribution in [2.45, 2.75) is 51.6 Å². The highest BCUT2D eigenvalue weighted by Crippen LogP contribution is 2.40. The molecule has 3 rings (SSSR count). The zero-order chi connectivity index (χ0) is 14.3. The number of nitrogens with zero attached hydrogens (tertiary/aromatic N) is 2. The van der Waals surface area contributed by atoms with Gasteiger partial charge in [0.25, 0.3) is 0 Å². The lowest BCUT2D eigenvalue weighted by molar-refractivity contribution is -0.121. The van der Waals surface area contributed by atoms with Gasteiger partial charge in [0.1, 0.15) is 6.26 Å². The van der Waals surface area contributed by atoms with Crippen LogP contribution in [0.15, 0.2) is 10.7 Å². The van der Waals surface area contributed by atoms with Crippen molar-refractivity contribution in [3.05, 3.63) is 12.2 Å². The second-order valence-corrected chi connectivity index (χ2v) is 6.17. The molecular formula is C15H23N3O2. The molecular weight excluding hydrogens is 254 g/mol. The second-order valence-electron chi connectivity index (χ2n) is 6.17. The van der Waals surface area contributed by atoms with Crippen LogP contribution in [0.4, 0.5) is 5.82 Å². The summed E-state index contributed by atoms with van der Waals surface area (Å²) >= 11 is 0. The molecule has 0 radical (unpaired) electrons. The van der Waals surface area contributed by atoms with Gasteiger partial charge in [-0.3, -0.25) is 9.69 Å². The van der Waals surface area contributed by atoms with Gasteiger partial charge in [0.2, 0.25) is 5.91 Å². The molecule has 0 spiro atoms. The Hall–Kier alpha value is -1.36. The number of carbonyl (C=O) groups excluding carboxylic acids is 1. The predicted octanol–water partition coefficient (Wildman–Crippen LogP) is 2.11. The SMILES string of the molecule is CNC1C(=O)N(c2coc(C)n2)C2CCCC2CC1C. The summed E-state index contributed by atoms with van der Waals surface area (Å²) in [4.78, 5) is 19.2. The maximum absolute atomic E-state index is 12.9. The van der Waals surface area contributed by atoms with Crippen molar-refractivity contribution < 1.29 is 9.21 Å². The Labute approximate surface area is 119 Å². The van der Waals surface area contributed by atoms with E-state index in [4.69, 9.17) is 4.42 Å². The van der Waals surface area contributed by atoms with E-state index in [0.717, 1.165) is 12.8 Å². The lowest BCUT2D eigenvalue weighted by Crippen LogP contribution is -2.50. The standard InChI is InChI=1S/C15H23N3O2/c1-9-7-11-5-4-6-12(11)18(15(19)14(9)16-3)13-8-20-10(2)17-13/h8-9,11-12,14,16H,4-7H2,1-3H3. The Bertz CT molecular complexity index is 499. The summed E-state index contributed by atoms with van der Waals surface area (Å²) in [5.41, 5.74) is 0. The molecule has 20 heavy (non-hydrogen) atoms. The number of oxazole rings is 1. The Morgan fingerprint density at radius 3 is 2.90 bits per heavy atom. The van der Waals surface area contributed by atoms with Crippen LogP contribution < -0.4 is 10.2 Å². The molecule has 0 aromatic carbocycles. The number of rotatable bonds is 2. The van der Waals surface area contributed by atoms with Gasteiger partial charge in [-0.05, 0) is 38.1 Å². The van der Waals surface area contributed by atoms with Crippen molar-refractivity contribution in [2.24, 2.45) is 11.8 Å². The van der Waals surface area contributed by atoms with Gasteiger partial charge in [0, 0.05) is 13.0 Å². The largest absolute Gasteiger partial charge is 0.447 e. The van der Waals surface area contributed by atoms with E-state index in [0.29, 0.717) is 23.5 Å². The summed E-state index contributed by atoms with van der Waals surface area (Å²) in [6, 6.07) is 0.158. The normalized spacial score (nSPS) is 34.1. The van der Waals surface area contributed by atoms with E-state index in [-0.39, 0.29) is 18.0 Å². The van der Waals surface area contributed by atoms with E-state index in [9.17, 15) is 4.79 Å². The van der Waals surface area contributed by atoms with Crippen molar-refractivity contribution in [1.82, 2.24) is 10.3 Å². The summed E-state index contributed by atoms with van der Waals surface area (Å²) in [5, 5.41) is 3.19. The van der Waals surface area contributed by atoms with Crippen LogP contribution in [0.2, 0.25) is 0 Å². The van der Waals surface area contributed by atoms with Crippen molar-refractivity contribution in [1.29, 1.82) is 0 Å². The predicted molar refractivity (Wildman–Crippen MR) is 76.5 cm³/mol. The molecule has 1 aromatic rings. The Morgan fingerprint density at radius 2 is 2.25 bits per heavy atom. The third-order valence-electron chi connectivity index (χ3n) is 4.86. The zero-order valence-corrected chi connectivity index (χ0v) is 12.4. The molecule has 5 heteroatoms. The highest BCUT2D eigenvalue weighted by atomic mass is 16.3. The maximum atomic E-state index is 12.9. The monoisotopic (exact) mass is 277 g/mol. The smallest absolute Gasteiger partial charge is 0.245 e. The number of likely N-dealkylation sites (N-methyl/N-ethyl adjacent to an activating group) is 1. The molecule has 1 aliphatic carbocycles. The highest BCUT2D eigenvalue weighted by Gasteiger charge is 2.44. The summed E-state index contributed by atoms with van der Waals surface area (Å²) in [5.74, 6) is 2.38. The van der Waals surface area contributed by atoms with E-state index < -0.39 is 0 Å². The van der Waals surface area contributed by atoms with Crippen LogP contribution in [0.3, 0.4) is 0 Å². The average molecular weight is 277 g/mol. The number of nitrogens with one attached hydrogen (secondary N) is 1. The molecule has 110 valence electrons. The topological polar surface area (TPSA) is 58.4 Å².